The van der Waals surface area contributed by atoms with Crippen LogP contribution in [0.1, 0.15) is 30.7 Å². The highest BCUT2D eigenvalue weighted by molar-refractivity contribution is 6.43. The first-order chi connectivity index (χ1) is 12.1. The highest BCUT2D eigenvalue weighted by Crippen LogP contribution is 2.07. The predicted molar refractivity (Wildman–Crippen MR) is 102 cm³/mol. The van der Waals surface area contributed by atoms with E-state index in [0.29, 0.717) is 31.6 Å². The van der Waals surface area contributed by atoms with Crippen molar-refractivity contribution in [3.8, 4) is 0 Å². The molecule has 0 unspecified atom stereocenters. The van der Waals surface area contributed by atoms with Crippen molar-refractivity contribution >= 4 is 25.4 Å². The molecule has 0 spiro atoms. The van der Waals surface area contributed by atoms with E-state index in [0.717, 1.165) is 12.0 Å². The molecule has 26 heavy (non-hydrogen) atoms. The second-order valence-corrected chi connectivity index (χ2v) is 5.87. The zero-order valence-electron chi connectivity index (χ0n) is 14.5. The second kappa shape index (κ2) is 11.6. The molecule has 0 aliphatic heterocycles. The van der Waals surface area contributed by atoms with Gasteiger partial charge in [-0.15, -0.1) is 12.4 Å². The number of hydrogen-bond acceptors (Lipinski definition) is 6. The van der Waals surface area contributed by atoms with Crippen molar-refractivity contribution < 1.29 is 14.8 Å². The van der Waals surface area contributed by atoms with E-state index in [1.807, 2.05) is 30.3 Å². The molecular formula is C16H25BClN5O3. The van der Waals surface area contributed by atoms with E-state index < -0.39 is 13.1 Å². The average Bonchev–Trinajstić information content (AvgIpc) is 3.01. The van der Waals surface area contributed by atoms with Gasteiger partial charge in [0.15, 0.2) is 0 Å². The van der Waals surface area contributed by atoms with Gasteiger partial charge in [-0.05, 0) is 24.9 Å². The molecule has 0 aliphatic carbocycles. The average molecular weight is 382 g/mol. The molecule has 5 N–H and O–H groups in total. The summed E-state index contributed by atoms with van der Waals surface area (Å²) in [6, 6.07) is 9.78. The fraction of sp³-hybridized carbons (Fsp3) is 0.438. The number of nitrogens with two attached hydrogens (primary N) is 1. The van der Waals surface area contributed by atoms with Crippen molar-refractivity contribution in [1.29, 1.82) is 0 Å². The normalized spacial score (nSPS) is 11.5. The number of rotatable bonds is 10. The van der Waals surface area contributed by atoms with Gasteiger partial charge in [-0.3, -0.25) is 4.79 Å². The monoisotopic (exact) mass is 381 g/mol. The molecule has 2 rings (SSSR count). The van der Waals surface area contributed by atoms with Crippen molar-refractivity contribution in [3.63, 3.8) is 0 Å². The van der Waals surface area contributed by atoms with E-state index in [-0.39, 0.29) is 24.9 Å². The highest BCUT2D eigenvalue weighted by atomic mass is 35.5. The summed E-state index contributed by atoms with van der Waals surface area (Å²) in [5.41, 5.74) is 6.50. The summed E-state index contributed by atoms with van der Waals surface area (Å²) in [5.74, 6) is -0.392. The Balaban J connectivity index is 0.00000338. The number of halogens is 1. The fourth-order valence-corrected chi connectivity index (χ4v) is 2.53. The van der Waals surface area contributed by atoms with E-state index in [4.69, 9.17) is 5.73 Å². The van der Waals surface area contributed by atoms with Gasteiger partial charge in [-0.1, -0.05) is 36.8 Å². The Hall–Kier alpha value is -1.94. The molecule has 1 atom stereocenters. The number of benzene rings is 1. The van der Waals surface area contributed by atoms with Gasteiger partial charge in [0.1, 0.15) is 18.7 Å². The maximum atomic E-state index is 12.2. The third kappa shape index (κ3) is 7.13. The Morgan fingerprint density at radius 1 is 1.27 bits per heavy atom. The molecule has 0 bridgehead atoms. The van der Waals surface area contributed by atoms with Gasteiger partial charge < -0.3 is 21.1 Å². The van der Waals surface area contributed by atoms with Crippen LogP contribution in [0.5, 0.6) is 0 Å². The van der Waals surface area contributed by atoms with Crippen LogP contribution in [0.3, 0.4) is 0 Å². The quantitative estimate of drug-likeness (QED) is 0.337. The van der Waals surface area contributed by atoms with Crippen LogP contribution >= 0.6 is 12.4 Å². The summed E-state index contributed by atoms with van der Waals surface area (Å²) in [7, 11) is -1.61. The molecule has 1 amide bonds. The van der Waals surface area contributed by atoms with E-state index in [9.17, 15) is 14.8 Å². The molecular weight excluding hydrogens is 356 g/mol. The van der Waals surface area contributed by atoms with Crippen molar-refractivity contribution in [3.05, 3.63) is 48.0 Å². The Morgan fingerprint density at radius 3 is 2.65 bits per heavy atom. The second-order valence-electron chi connectivity index (χ2n) is 5.87. The molecule has 0 radical (unpaired) electrons. The van der Waals surface area contributed by atoms with E-state index in [2.05, 4.69) is 15.4 Å². The van der Waals surface area contributed by atoms with Gasteiger partial charge in [0.25, 0.3) is 0 Å². The van der Waals surface area contributed by atoms with Crippen LogP contribution in [0, 0.1) is 0 Å². The molecule has 10 heteroatoms. The van der Waals surface area contributed by atoms with E-state index in [1.165, 1.54) is 11.0 Å². The standard InChI is InChI=1S/C16H24BN5O3.ClH/c18-9-5-4-8-14(17(24)25)21-16(23)11-22-15(19-12-20-22)10-13-6-2-1-3-7-13;/h1-3,6-7,12,14,24-25H,4-5,8-11,18H2,(H,21,23);1H/t14-;/m0./s1. The first-order valence-corrected chi connectivity index (χ1v) is 8.36. The summed E-state index contributed by atoms with van der Waals surface area (Å²) in [6.45, 7) is 0.506. The van der Waals surface area contributed by atoms with Crippen LogP contribution in [-0.2, 0) is 17.8 Å². The highest BCUT2D eigenvalue weighted by Gasteiger charge is 2.25. The molecule has 0 aliphatic rings. The minimum atomic E-state index is -1.61. The lowest BCUT2D eigenvalue weighted by atomic mass is 9.76. The maximum absolute atomic E-state index is 12.2. The third-order valence-corrected chi connectivity index (χ3v) is 3.87. The van der Waals surface area contributed by atoms with Gasteiger partial charge in [0, 0.05) is 6.42 Å². The van der Waals surface area contributed by atoms with Gasteiger partial charge in [-0.2, -0.15) is 5.10 Å². The van der Waals surface area contributed by atoms with Gasteiger partial charge >= 0.3 is 7.12 Å². The van der Waals surface area contributed by atoms with Crippen LogP contribution in [0.2, 0.25) is 0 Å². The maximum Gasteiger partial charge on any atom is 0.475 e. The summed E-state index contributed by atoms with van der Waals surface area (Å²) in [4.78, 5) is 16.4. The number of unbranched alkanes of at least 4 members (excludes halogenated alkanes) is 1. The minimum absolute atomic E-state index is 0. The zero-order chi connectivity index (χ0) is 18.1. The number of hydrogen-bond donors (Lipinski definition) is 4. The van der Waals surface area contributed by atoms with Gasteiger partial charge in [0.05, 0.1) is 5.94 Å². The molecule has 2 aromatic rings. The SMILES string of the molecule is Cl.NCCCC[C@H](NC(=O)Cn1ncnc1Cc1ccccc1)B(O)O. The lowest BCUT2D eigenvalue weighted by Crippen LogP contribution is -2.47. The van der Waals surface area contributed by atoms with Crippen molar-refractivity contribution in [2.24, 2.45) is 5.73 Å². The van der Waals surface area contributed by atoms with Crippen molar-refractivity contribution in [2.45, 2.75) is 38.2 Å². The van der Waals surface area contributed by atoms with Crippen LogP contribution in [0.4, 0.5) is 0 Å². The van der Waals surface area contributed by atoms with E-state index in [1.54, 1.807) is 0 Å². The largest absolute Gasteiger partial charge is 0.475 e. The third-order valence-electron chi connectivity index (χ3n) is 3.87. The number of amides is 1. The smallest absolute Gasteiger partial charge is 0.426 e. The number of aromatic nitrogens is 3. The molecule has 0 saturated carbocycles. The Kier molecular flexibility index (Phi) is 9.89. The van der Waals surface area contributed by atoms with E-state index >= 15 is 0 Å². The Bertz CT molecular complexity index is 656. The molecule has 1 heterocycles. The topological polar surface area (TPSA) is 126 Å². The summed E-state index contributed by atoms with van der Waals surface area (Å²) < 4.78 is 1.52. The molecule has 0 fully saturated rings. The summed E-state index contributed by atoms with van der Waals surface area (Å²) in [6.07, 6.45) is 3.90. The number of carbonyl (C=O) groups excluding carboxylic acids is 1. The Labute approximate surface area is 159 Å². The lowest BCUT2D eigenvalue weighted by Gasteiger charge is -2.17. The first kappa shape index (κ1) is 22.1. The lowest BCUT2D eigenvalue weighted by molar-refractivity contribution is -0.122. The van der Waals surface area contributed by atoms with Crippen molar-refractivity contribution in [2.75, 3.05) is 6.54 Å². The molecule has 1 aromatic carbocycles. The molecule has 8 nitrogen and oxygen atoms in total. The van der Waals surface area contributed by atoms with Gasteiger partial charge in [0.2, 0.25) is 5.91 Å². The van der Waals surface area contributed by atoms with Crippen LogP contribution in [0.15, 0.2) is 36.7 Å². The zero-order valence-corrected chi connectivity index (χ0v) is 15.3. The predicted octanol–water partition coefficient (Wildman–Crippen LogP) is -0.0835. The van der Waals surface area contributed by atoms with Crippen LogP contribution < -0.4 is 11.1 Å². The number of nitrogens with one attached hydrogen (secondary N) is 1. The first-order valence-electron chi connectivity index (χ1n) is 8.36. The summed E-state index contributed by atoms with van der Waals surface area (Å²) in [5, 5.41) is 25.5. The van der Waals surface area contributed by atoms with Crippen molar-refractivity contribution in [1.82, 2.24) is 20.1 Å². The van der Waals surface area contributed by atoms with Crippen LogP contribution in [-0.4, -0.2) is 50.3 Å². The summed E-state index contributed by atoms with van der Waals surface area (Å²) >= 11 is 0. The van der Waals surface area contributed by atoms with Crippen LogP contribution in [0.25, 0.3) is 0 Å². The minimum Gasteiger partial charge on any atom is -0.426 e. The fourth-order valence-electron chi connectivity index (χ4n) is 2.53. The van der Waals surface area contributed by atoms with Gasteiger partial charge in [-0.25, -0.2) is 9.67 Å². The number of nitrogens with zero attached hydrogens (tertiary/aromatic N) is 3. The molecule has 1 aromatic heterocycles. The molecule has 142 valence electrons. The molecule has 0 saturated heterocycles. The number of carbonyl (C=O) groups is 1. The Morgan fingerprint density at radius 2 is 2.00 bits per heavy atom.